The lowest BCUT2D eigenvalue weighted by Crippen LogP contribution is -3.00. The van der Waals surface area contributed by atoms with Crippen LogP contribution in [0.5, 0.6) is 5.75 Å². The summed E-state index contributed by atoms with van der Waals surface area (Å²) in [7, 11) is 4.13. The van der Waals surface area contributed by atoms with Crippen molar-refractivity contribution in [2.75, 3.05) is 20.7 Å². The Morgan fingerprint density at radius 3 is 1.87 bits per heavy atom. The molecule has 0 N–H and O–H groups in total. The van der Waals surface area contributed by atoms with Crippen molar-refractivity contribution in [2.24, 2.45) is 0 Å². The molecule has 31 heavy (non-hydrogen) atoms. The highest BCUT2D eigenvalue weighted by molar-refractivity contribution is 8.16. The van der Waals surface area contributed by atoms with Crippen molar-refractivity contribution in [1.82, 2.24) is 0 Å². The lowest BCUT2D eigenvalue weighted by atomic mass is 9.99. The predicted molar refractivity (Wildman–Crippen MR) is 130 cm³/mol. The van der Waals surface area contributed by atoms with Crippen molar-refractivity contribution in [1.29, 1.82) is 0 Å². The van der Waals surface area contributed by atoms with Gasteiger partial charge in [0.15, 0.2) is 5.71 Å². The minimum absolute atomic E-state index is 0. The summed E-state index contributed by atoms with van der Waals surface area (Å²) < 4.78 is 7.74. The zero-order chi connectivity index (χ0) is 20.9. The molecule has 2 nitrogen and oxygen atoms in total. The maximum absolute atomic E-state index is 5.61. The lowest BCUT2D eigenvalue weighted by Gasteiger charge is -2.19. The molecule has 1 aliphatic carbocycles. The van der Waals surface area contributed by atoms with Gasteiger partial charge in [0.1, 0.15) is 19.8 Å². The molecule has 0 fully saturated rings. The fourth-order valence-corrected chi connectivity index (χ4v) is 4.51. The number of hydrogen-bond donors (Lipinski definition) is 0. The van der Waals surface area contributed by atoms with E-state index in [1.165, 1.54) is 37.8 Å². The van der Waals surface area contributed by atoms with Crippen LogP contribution in [0.25, 0.3) is 9.81 Å². The number of allylic oxidation sites excluding steroid dienone is 8. The lowest BCUT2D eigenvalue weighted by molar-refractivity contribution is -0.462. The van der Waals surface area contributed by atoms with Crippen LogP contribution in [0, 0.1) is 0 Å². The van der Waals surface area contributed by atoms with Gasteiger partial charge in [0.2, 0.25) is 0 Å². The predicted octanol–water partition coefficient (Wildman–Crippen LogP) is 3.35. The molecule has 2 aromatic rings. The van der Waals surface area contributed by atoms with Crippen LogP contribution >= 0.6 is 11.8 Å². The van der Waals surface area contributed by atoms with Gasteiger partial charge < -0.3 is 17.1 Å². The molecule has 0 aromatic heterocycles. The Kier molecular flexibility index (Phi) is 7.78. The Labute approximate surface area is 195 Å². The molecule has 2 aromatic carbocycles. The molecule has 0 radical (unpaired) electrons. The van der Waals surface area contributed by atoms with Crippen molar-refractivity contribution in [3.05, 3.63) is 113 Å². The molecule has 4 rings (SSSR count). The summed E-state index contributed by atoms with van der Waals surface area (Å²) in [6.07, 6.45) is 13.3. The highest BCUT2D eigenvalue weighted by Crippen LogP contribution is 2.45. The Balaban J connectivity index is 0.00000272. The van der Waals surface area contributed by atoms with Gasteiger partial charge >= 0.3 is 0 Å². The van der Waals surface area contributed by atoms with Gasteiger partial charge in [0.05, 0.1) is 6.61 Å². The SMILES string of the molecule is CCOc1ccc(C2=CC(=C3C=CC(=[N+](C)C)C=C3)C=C(c3ccccc3)S2)cc1.[Cl-]. The van der Waals surface area contributed by atoms with Gasteiger partial charge in [-0.2, -0.15) is 0 Å². The largest absolute Gasteiger partial charge is 1.00 e. The van der Waals surface area contributed by atoms with Crippen molar-refractivity contribution in [3.8, 4) is 5.75 Å². The first kappa shape index (κ1) is 22.9. The zero-order valence-corrected chi connectivity index (χ0v) is 19.6. The van der Waals surface area contributed by atoms with Gasteiger partial charge in [-0.25, -0.2) is 4.58 Å². The van der Waals surface area contributed by atoms with E-state index in [9.17, 15) is 0 Å². The molecule has 0 saturated carbocycles. The minimum Gasteiger partial charge on any atom is -1.00 e. The second kappa shape index (κ2) is 10.5. The van der Waals surface area contributed by atoms with E-state index in [1.54, 1.807) is 0 Å². The molecule has 0 saturated heterocycles. The number of ether oxygens (including phenoxy) is 1. The first-order chi connectivity index (χ1) is 14.6. The molecule has 0 unspecified atom stereocenters. The van der Waals surface area contributed by atoms with E-state index in [0.717, 1.165) is 5.75 Å². The smallest absolute Gasteiger partial charge is 0.199 e. The summed E-state index contributed by atoms with van der Waals surface area (Å²) in [4.78, 5) is 2.50. The van der Waals surface area contributed by atoms with Crippen LogP contribution in [-0.2, 0) is 0 Å². The van der Waals surface area contributed by atoms with Gasteiger partial charge in [-0.05, 0) is 65.6 Å². The van der Waals surface area contributed by atoms with Crippen LogP contribution in [0.4, 0.5) is 0 Å². The third-order valence-electron chi connectivity index (χ3n) is 5.02. The molecular formula is C27H26ClNOS. The summed E-state index contributed by atoms with van der Waals surface area (Å²) in [5, 5.41) is 0. The van der Waals surface area contributed by atoms with Gasteiger partial charge in [-0.15, -0.1) is 0 Å². The van der Waals surface area contributed by atoms with Crippen LogP contribution in [0.1, 0.15) is 18.1 Å². The number of halogens is 1. The fourth-order valence-electron chi connectivity index (χ4n) is 3.39. The van der Waals surface area contributed by atoms with Crippen LogP contribution in [0.3, 0.4) is 0 Å². The molecule has 0 spiro atoms. The molecule has 0 atom stereocenters. The summed E-state index contributed by atoms with van der Waals surface area (Å²) >= 11 is 1.82. The monoisotopic (exact) mass is 447 g/mol. The highest BCUT2D eigenvalue weighted by atomic mass is 35.5. The van der Waals surface area contributed by atoms with Crippen molar-refractivity contribution in [2.45, 2.75) is 6.92 Å². The number of benzene rings is 2. The molecule has 1 heterocycles. The van der Waals surface area contributed by atoms with Crippen molar-refractivity contribution < 1.29 is 21.7 Å². The van der Waals surface area contributed by atoms with E-state index in [4.69, 9.17) is 4.74 Å². The Morgan fingerprint density at radius 1 is 0.742 bits per heavy atom. The first-order valence-electron chi connectivity index (χ1n) is 10.2. The van der Waals surface area contributed by atoms with Gasteiger partial charge in [-0.1, -0.05) is 54.2 Å². The fraction of sp³-hybridized carbons (Fsp3) is 0.148. The standard InChI is InChI=1S/C27H26NOS.ClH/c1-4-29-25-16-12-22(13-17-25)27-19-23(20-10-14-24(15-11-20)28(2)3)18-26(30-27)21-8-6-5-7-9-21;/h5-19H,4H2,1-3H3;1H/q+1;/p-1. The highest BCUT2D eigenvalue weighted by Gasteiger charge is 2.17. The molecular weight excluding hydrogens is 422 g/mol. The molecule has 0 amide bonds. The number of nitrogens with zero attached hydrogens (tertiary/aromatic N) is 1. The zero-order valence-electron chi connectivity index (χ0n) is 18.0. The molecule has 158 valence electrons. The van der Waals surface area contributed by atoms with Crippen LogP contribution in [0.2, 0.25) is 0 Å². The third kappa shape index (κ3) is 5.49. The van der Waals surface area contributed by atoms with Crippen LogP contribution in [-0.4, -0.2) is 31.0 Å². The van der Waals surface area contributed by atoms with E-state index in [-0.39, 0.29) is 12.4 Å². The average Bonchev–Trinajstić information content (AvgIpc) is 2.80. The van der Waals surface area contributed by atoms with E-state index < -0.39 is 0 Å². The van der Waals surface area contributed by atoms with E-state index in [2.05, 4.69) is 97.6 Å². The van der Waals surface area contributed by atoms with E-state index in [0.29, 0.717) is 6.61 Å². The number of rotatable bonds is 4. The molecule has 2 aliphatic rings. The Bertz CT molecular complexity index is 1100. The van der Waals surface area contributed by atoms with Crippen molar-refractivity contribution >= 4 is 27.3 Å². The molecule has 4 heteroatoms. The second-order valence-electron chi connectivity index (χ2n) is 7.34. The van der Waals surface area contributed by atoms with E-state index in [1.807, 2.05) is 30.8 Å². The van der Waals surface area contributed by atoms with Gasteiger partial charge in [0, 0.05) is 22.0 Å². The van der Waals surface area contributed by atoms with Crippen LogP contribution < -0.4 is 17.1 Å². The van der Waals surface area contributed by atoms with Gasteiger partial charge in [0.25, 0.3) is 0 Å². The Morgan fingerprint density at radius 2 is 1.32 bits per heavy atom. The summed E-state index contributed by atoms with van der Waals surface area (Å²) in [5.41, 5.74) is 6.08. The summed E-state index contributed by atoms with van der Waals surface area (Å²) in [5.74, 6) is 0.907. The number of hydrogen-bond acceptors (Lipinski definition) is 2. The normalized spacial score (nSPS) is 15.3. The topological polar surface area (TPSA) is 12.2 Å². The van der Waals surface area contributed by atoms with Gasteiger partial charge in [-0.3, -0.25) is 0 Å². The molecule has 0 bridgehead atoms. The minimum atomic E-state index is 0. The number of thioether (sulfide) groups is 1. The maximum Gasteiger partial charge on any atom is 0.199 e. The summed E-state index contributed by atoms with van der Waals surface area (Å²) in [6.45, 7) is 2.69. The quantitative estimate of drug-likeness (QED) is 0.666. The van der Waals surface area contributed by atoms with E-state index >= 15 is 0 Å². The third-order valence-corrected chi connectivity index (χ3v) is 6.17. The summed E-state index contributed by atoms with van der Waals surface area (Å²) in [6, 6.07) is 19.0. The second-order valence-corrected chi connectivity index (χ2v) is 8.42. The first-order valence-corrected chi connectivity index (χ1v) is 11.0. The molecule has 1 aliphatic heterocycles. The van der Waals surface area contributed by atoms with Crippen molar-refractivity contribution in [3.63, 3.8) is 0 Å². The maximum atomic E-state index is 5.61. The van der Waals surface area contributed by atoms with Crippen LogP contribution in [0.15, 0.2) is 102 Å². The Hall–Kier alpha value is -2.75. The average molecular weight is 448 g/mol.